The van der Waals surface area contributed by atoms with Crippen LogP contribution in [0.5, 0.6) is 0 Å². The fourth-order valence-electron chi connectivity index (χ4n) is 13.6. The van der Waals surface area contributed by atoms with Crippen LogP contribution in [0, 0.1) is 0 Å². The van der Waals surface area contributed by atoms with Gasteiger partial charge in [-0.15, -0.1) is 0 Å². The third-order valence-corrected chi connectivity index (χ3v) is 16.8. The molecule has 0 atom stereocenters. The van der Waals surface area contributed by atoms with E-state index >= 15 is 0 Å². The van der Waals surface area contributed by atoms with Crippen LogP contribution >= 0.6 is 0 Å². The van der Waals surface area contributed by atoms with Crippen LogP contribution in [0.15, 0.2) is 280 Å². The quantitative estimate of drug-likeness (QED) is 0.159. The van der Waals surface area contributed by atoms with E-state index in [2.05, 4.69) is 253 Å². The Labute approximate surface area is 448 Å². The van der Waals surface area contributed by atoms with Crippen molar-refractivity contribution < 1.29 is 0 Å². The Morgan fingerprint density at radius 3 is 1.16 bits per heavy atom. The van der Waals surface area contributed by atoms with Gasteiger partial charge in [-0.2, -0.15) is 0 Å². The third kappa shape index (κ3) is 6.43. The van der Waals surface area contributed by atoms with Crippen molar-refractivity contribution in [3.8, 4) is 122 Å². The molecule has 0 saturated carbocycles. The Morgan fingerprint density at radius 1 is 0.221 bits per heavy atom. The Morgan fingerprint density at radius 2 is 0.649 bits per heavy atom. The molecule has 356 valence electrons. The number of rotatable bonds is 7. The minimum Gasteiger partial charge on any atom is -0.264 e. The van der Waals surface area contributed by atoms with E-state index in [9.17, 15) is 0 Å². The maximum Gasteiger partial charge on any atom is 0.0726 e. The van der Waals surface area contributed by atoms with Crippen molar-refractivity contribution in [2.45, 2.75) is 5.41 Å². The first-order valence-corrected chi connectivity index (χ1v) is 26.6. The van der Waals surface area contributed by atoms with Crippen molar-refractivity contribution in [3.63, 3.8) is 0 Å². The van der Waals surface area contributed by atoms with Gasteiger partial charge >= 0.3 is 0 Å². The van der Waals surface area contributed by atoms with Gasteiger partial charge in [0.2, 0.25) is 0 Å². The van der Waals surface area contributed by atoms with E-state index in [4.69, 9.17) is 0 Å². The van der Waals surface area contributed by atoms with Crippen LogP contribution in [0.1, 0.15) is 22.3 Å². The molecule has 0 aliphatic heterocycles. The lowest BCUT2D eigenvalue weighted by atomic mass is 9.68. The highest BCUT2D eigenvalue weighted by Gasteiger charge is 2.54. The molecule has 2 heterocycles. The van der Waals surface area contributed by atoms with Crippen molar-refractivity contribution in [1.29, 1.82) is 0 Å². The predicted molar refractivity (Wildman–Crippen MR) is 318 cm³/mol. The lowest BCUT2D eigenvalue weighted by molar-refractivity contribution is 0.795. The third-order valence-electron chi connectivity index (χ3n) is 16.8. The summed E-state index contributed by atoms with van der Waals surface area (Å²) in [6, 6.07) is 95.5. The highest BCUT2D eigenvalue weighted by Crippen LogP contribution is 2.68. The maximum atomic E-state index is 4.65. The summed E-state index contributed by atoms with van der Waals surface area (Å²) in [5, 5.41) is 2.55. The Hall–Kier alpha value is -10.0. The maximum absolute atomic E-state index is 4.65. The van der Waals surface area contributed by atoms with Crippen molar-refractivity contribution in [2.75, 3.05) is 0 Å². The van der Waals surface area contributed by atoms with Gasteiger partial charge in [0.25, 0.3) is 0 Å². The first kappa shape index (κ1) is 43.4. The number of fused-ring (bicyclic) bond motifs is 13. The molecule has 2 aromatic heterocycles. The molecular formula is C75H46N2. The minimum atomic E-state index is -0.742. The zero-order valence-electron chi connectivity index (χ0n) is 42.0. The molecule has 0 bridgehead atoms. The molecule has 11 aromatic carbocycles. The van der Waals surface area contributed by atoms with Gasteiger partial charge in [-0.1, -0.05) is 194 Å². The summed E-state index contributed by atoms with van der Waals surface area (Å²) < 4.78 is 0. The number of nitrogens with zero attached hydrogens (tertiary/aromatic N) is 2. The summed E-state index contributed by atoms with van der Waals surface area (Å²) in [5.74, 6) is 0. The standard InChI is InChI=1S/C75H46N2/c1-5-19-47(20-6-1)60-40-64-65-41-61(48-21-7-2-8-22-48)63(50-25-11-4-12-26-50)43-69(65)75(68(64)42-62(60)49-23-9-3-10-24-49)67-34-14-13-31-58(67)74-70(75)44-66-57-32-15-27-51-28-16-33-59(71(51)57)73(66)72(74)56-38-54(52-29-17-35-76-45-52)37-55(39-56)53-30-18-36-77-46-53/h1-46H. The zero-order valence-corrected chi connectivity index (χ0v) is 42.0. The van der Waals surface area contributed by atoms with Crippen LogP contribution in [0.25, 0.3) is 133 Å². The molecule has 0 N–H and O–H groups in total. The number of aromatic nitrogens is 2. The topological polar surface area (TPSA) is 25.8 Å². The van der Waals surface area contributed by atoms with Gasteiger partial charge in [-0.25, -0.2) is 0 Å². The molecule has 3 aliphatic rings. The molecular weight excluding hydrogens is 929 g/mol. The average Bonchev–Trinajstić information content (AvgIpc) is 3.24. The molecule has 13 aromatic rings. The largest absolute Gasteiger partial charge is 0.264 e. The highest BCUT2D eigenvalue weighted by atomic mass is 14.6. The molecule has 16 rings (SSSR count). The second-order valence-corrected chi connectivity index (χ2v) is 20.7. The molecule has 1 spiro atoms. The summed E-state index contributed by atoms with van der Waals surface area (Å²) in [6.07, 6.45) is 7.69. The SMILES string of the molecule is c1ccc(-c2cc3c(cc2-c2ccccc2)C2(c4cc(-c5ccccc5)c(-c5ccccc5)cc4-3)c3ccccc3-c3c2cc2c(c3-c3cc(-c4cccnc4)cc(-c4cccnc4)c3)-c3cccc4cccc-2c34)cc1. The summed E-state index contributed by atoms with van der Waals surface area (Å²) in [5.41, 5.74) is 30.9. The highest BCUT2D eigenvalue weighted by molar-refractivity contribution is 6.21. The monoisotopic (exact) mass is 974 g/mol. The first-order valence-electron chi connectivity index (χ1n) is 26.6. The molecule has 3 aliphatic carbocycles. The average molecular weight is 975 g/mol. The summed E-state index contributed by atoms with van der Waals surface area (Å²) in [6.45, 7) is 0. The van der Waals surface area contributed by atoms with E-state index in [1.807, 2.05) is 36.9 Å². The van der Waals surface area contributed by atoms with E-state index in [1.165, 1.54) is 128 Å². The second kappa shape index (κ2) is 17.0. The predicted octanol–water partition coefficient (Wildman–Crippen LogP) is 19.3. The van der Waals surface area contributed by atoms with E-state index in [0.717, 1.165) is 27.8 Å². The van der Waals surface area contributed by atoms with E-state index in [0.29, 0.717) is 0 Å². The van der Waals surface area contributed by atoms with E-state index in [-0.39, 0.29) is 0 Å². The summed E-state index contributed by atoms with van der Waals surface area (Å²) in [4.78, 5) is 9.30. The van der Waals surface area contributed by atoms with Crippen LogP contribution in [0.4, 0.5) is 0 Å². The molecule has 0 fully saturated rings. The Balaban J connectivity index is 1.11. The first-order chi connectivity index (χ1) is 38.2. The van der Waals surface area contributed by atoms with Gasteiger partial charge < -0.3 is 0 Å². The van der Waals surface area contributed by atoms with Crippen molar-refractivity contribution >= 4 is 10.8 Å². The van der Waals surface area contributed by atoms with Crippen molar-refractivity contribution in [2.24, 2.45) is 0 Å². The van der Waals surface area contributed by atoms with E-state index < -0.39 is 5.41 Å². The van der Waals surface area contributed by atoms with Gasteiger partial charge in [-0.05, 0) is 205 Å². The minimum absolute atomic E-state index is 0.742. The van der Waals surface area contributed by atoms with Crippen LogP contribution in [-0.4, -0.2) is 9.97 Å². The Kier molecular flexibility index (Phi) is 9.58. The van der Waals surface area contributed by atoms with Gasteiger partial charge in [0.05, 0.1) is 5.41 Å². The molecule has 2 nitrogen and oxygen atoms in total. The van der Waals surface area contributed by atoms with Crippen LogP contribution < -0.4 is 0 Å². The number of benzene rings is 11. The molecule has 0 unspecified atom stereocenters. The van der Waals surface area contributed by atoms with Gasteiger partial charge in [0.15, 0.2) is 0 Å². The molecule has 2 heteroatoms. The van der Waals surface area contributed by atoms with Gasteiger partial charge in [0, 0.05) is 35.9 Å². The van der Waals surface area contributed by atoms with Crippen molar-refractivity contribution in [1.82, 2.24) is 9.97 Å². The van der Waals surface area contributed by atoms with Gasteiger partial charge in [-0.3, -0.25) is 9.97 Å². The number of hydrogen-bond acceptors (Lipinski definition) is 2. The second-order valence-electron chi connectivity index (χ2n) is 20.7. The summed E-state index contributed by atoms with van der Waals surface area (Å²) >= 11 is 0. The summed E-state index contributed by atoms with van der Waals surface area (Å²) in [7, 11) is 0. The number of hydrogen-bond donors (Lipinski definition) is 0. The lowest BCUT2D eigenvalue weighted by Crippen LogP contribution is -2.26. The van der Waals surface area contributed by atoms with Crippen LogP contribution in [0.2, 0.25) is 0 Å². The van der Waals surface area contributed by atoms with Crippen molar-refractivity contribution in [3.05, 3.63) is 302 Å². The fraction of sp³-hybridized carbons (Fsp3) is 0.0133. The lowest BCUT2D eigenvalue weighted by Gasteiger charge is -2.32. The zero-order chi connectivity index (χ0) is 50.6. The fourth-order valence-corrected chi connectivity index (χ4v) is 13.6. The molecule has 0 amide bonds. The molecule has 0 radical (unpaired) electrons. The molecule has 77 heavy (non-hydrogen) atoms. The normalized spacial score (nSPS) is 12.8. The van der Waals surface area contributed by atoms with E-state index in [1.54, 1.807) is 0 Å². The van der Waals surface area contributed by atoms with Gasteiger partial charge in [0.1, 0.15) is 0 Å². The number of pyridine rings is 2. The van der Waals surface area contributed by atoms with Crippen LogP contribution in [0.3, 0.4) is 0 Å². The van der Waals surface area contributed by atoms with Crippen LogP contribution in [-0.2, 0) is 5.41 Å². The Bertz CT molecular complexity index is 4310. The smallest absolute Gasteiger partial charge is 0.0726 e. The molecule has 0 saturated heterocycles.